The van der Waals surface area contributed by atoms with Crippen molar-refractivity contribution in [3.05, 3.63) is 23.5 Å². The number of rotatable bonds is 3. The van der Waals surface area contributed by atoms with Crippen LogP contribution in [-0.4, -0.2) is 46.6 Å². The van der Waals surface area contributed by atoms with Crippen LogP contribution in [0, 0.1) is 12.8 Å². The summed E-state index contributed by atoms with van der Waals surface area (Å²) >= 11 is 0. The first kappa shape index (κ1) is 14.8. The lowest BCUT2D eigenvalue weighted by atomic mass is 9.95. The molecular weight excluding hydrogens is 254 g/mol. The maximum atomic E-state index is 12.6. The Labute approximate surface area is 120 Å². The van der Waals surface area contributed by atoms with E-state index in [1.54, 1.807) is 11.1 Å². The molecule has 0 saturated carbocycles. The van der Waals surface area contributed by atoms with Crippen molar-refractivity contribution >= 4 is 11.6 Å². The van der Waals surface area contributed by atoms with E-state index < -0.39 is 6.10 Å². The lowest BCUT2D eigenvalue weighted by molar-refractivity contribution is 0.0249. The maximum Gasteiger partial charge on any atom is 0.257 e. The van der Waals surface area contributed by atoms with Gasteiger partial charge in [0.25, 0.3) is 5.91 Å². The number of hydrogen-bond acceptors (Lipinski definition) is 4. The van der Waals surface area contributed by atoms with Gasteiger partial charge in [-0.1, -0.05) is 6.92 Å². The summed E-state index contributed by atoms with van der Waals surface area (Å²) in [6, 6.07) is 1.89. The van der Waals surface area contributed by atoms with E-state index in [1.165, 1.54) is 0 Å². The predicted octanol–water partition coefficient (Wildman–Crippen LogP) is 1.66. The zero-order valence-electron chi connectivity index (χ0n) is 12.4. The number of amides is 1. The van der Waals surface area contributed by atoms with Gasteiger partial charge >= 0.3 is 0 Å². The van der Waals surface area contributed by atoms with Gasteiger partial charge in [-0.2, -0.15) is 0 Å². The fourth-order valence-corrected chi connectivity index (χ4v) is 2.47. The predicted molar refractivity (Wildman–Crippen MR) is 78.8 cm³/mol. The maximum absolute atomic E-state index is 12.6. The Bertz CT molecular complexity index is 490. The van der Waals surface area contributed by atoms with Crippen LogP contribution in [0.2, 0.25) is 0 Å². The topological polar surface area (TPSA) is 65.5 Å². The van der Waals surface area contributed by atoms with Crippen LogP contribution in [0.5, 0.6) is 0 Å². The number of hydrogen-bond donors (Lipinski definition) is 2. The van der Waals surface area contributed by atoms with Crippen molar-refractivity contribution in [2.24, 2.45) is 5.92 Å². The van der Waals surface area contributed by atoms with E-state index in [4.69, 9.17) is 0 Å². The van der Waals surface area contributed by atoms with Crippen molar-refractivity contribution in [2.45, 2.75) is 33.3 Å². The quantitative estimate of drug-likeness (QED) is 0.882. The molecule has 1 aliphatic rings. The van der Waals surface area contributed by atoms with Gasteiger partial charge in [-0.25, -0.2) is 0 Å². The number of nitrogens with one attached hydrogen (secondary N) is 1. The van der Waals surface area contributed by atoms with Crippen LogP contribution in [0.3, 0.4) is 0 Å². The first-order valence-electron chi connectivity index (χ1n) is 7.20. The summed E-state index contributed by atoms with van der Waals surface area (Å²) in [4.78, 5) is 18.5. The molecule has 1 aliphatic heterocycles. The first-order valence-corrected chi connectivity index (χ1v) is 7.20. The molecule has 2 heterocycles. The third-order valence-corrected chi connectivity index (χ3v) is 3.84. The molecule has 1 amide bonds. The van der Waals surface area contributed by atoms with Gasteiger partial charge in [-0.15, -0.1) is 0 Å². The minimum Gasteiger partial charge on any atom is -0.391 e. The van der Waals surface area contributed by atoms with Crippen LogP contribution in [0.15, 0.2) is 12.3 Å². The summed E-state index contributed by atoms with van der Waals surface area (Å²) in [5, 5.41) is 13.1. The summed E-state index contributed by atoms with van der Waals surface area (Å²) in [5.41, 5.74) is 2.28. The highest BCUT2D eigenvalue weighted by Crippen LogP contribution is 2.22. The lowest BCUT2D eigenvalue weighted by Gasteiger charge is -2.34. The zero-order chi connectivity index (χ0) is 14.7. The standard InChI is InChI=1S/C15H23N3O2/c1-4-16-13-7-11(3)17-8-12(13)15(20)18-6-5-10(2)14(19)9-18/h7-8,10,14,19H,4-6,9H2,1-3H3,(H,16,17). The van der Waals surface area contributed by atoms with E-state index >= 15 is 0 Å². The third kappa shape index (κ3) is 3.10. The molecule has 2 rings (SSSR count). The highest BCUT2D eigenvalue weighted by Gasteiger charge is 2.29. The van der Waals surface area contributed by atoms with Crippen LogP contribution < -0.4 is 5.32 Å². The van der Waals surface area contributed by atoms with Gasteiger partial charge in [0.2, 0.25) is 0 Å². The number of anilines is 1. The highest BCUT2D eigenvalue weighted by molar-refractivity contribution is 5.99. The molecule has 1 aromatic rings. The normalized spacial score (nSPS) is 22.7. The van der Waals surface area contributed by atoms with Crippen molar-refractivity contribution in [3.63, 3.8) is 0 Å². The summed E-state index contributed by atoms with van der Waals surface area (Å²) in [5.74, 6) is 0.197. The van der Waals surface area contributed by atoms with Crippen molar-refractivity contribution in [3.8, 4) is 0 Å². The Morgan fingerprint density at radius 2 is 2.35 bits per heavy atom. The fraction of sp³-hybridized carbons (Fsp3) is 0.600. The smallest absolute Gasteiger partial charge is 0.257 e. The van der Waals surface area contributed by atoms with Crippen molar-refractivity contribution in [2.75, 3.05) is 25.0 Å². The molecule has 1 fully saturated rings. The van der Waals surface area contributed by atoms with Crippen molar-refractivity contribution in [1.82, 2.24) is 9.88 Å². The lowest BCUT2D eigenvalue weighted by Crippen LogP contribution is -2.46. The van der Waals surface area contributed by atoms with E-state index in [0.29, 0.717) is 18.7 Å². The van der Waals surface area contributed by atoms with E-state index in [0.717, 1.165) is 24.3 Å². The van der Waals surface area contributed by atoms with Gasteiger partial charge in [-0.3, -0.25) is 9.78 Å². The Morgan fingerprint density at radius 3 is 3.00 bits per heavy atom. The second kappa shape index (κ2) is 6.22. The van der Waals surface area contributed by atoms with Crippen molar-refractivity contribution < 1.29 is 9.90 Å². The Kier molecular flexibility index (Phi) is 4.60. The van der Waals surface area contributed by atoms with Gasteiger partial charge in [-0.05, 0) is 32.3 Å². The second-order valence-electron chi connectivity index (χ2n) is 5.49. The molecule has 2 N–H and O–H groups in total. The first-order chi connectivity index (χ1) is 9.52. The molecule has 0 aromatic carbocycles. The number of carbonyl (C=O) groups is 1. The highest BCUT2D eigenvalue weighted by atomic mass is 16.3. The number of β-amino-alcohol motifs (C(OH)–C–C–N with tert-alkyl or cyclic N) is 1. The average Bonchev–Trinajstić information content (AvgIpc) is 2.42. The molecule has 1 saturated heterocycles. The van der Waals surface area contributed by atoms with Crippen LogP contribution in [0.4, 0.5) is 5.69 Å². The van der Waals surface area contributed by atoms with Gasteiger partial charge in [0.05, 0.1) is 17.4 Å². The number of piperidine rings is 1. The van der Waals surface area contributed by atoms with Crippen LogP contribution in [0.1, 0.15) is 36.3 Å². The van der Waals surface area contributed by atoms with Crippen molar-refractivity contribution in [1.29, 1.82) is 0 Å². The molecule has 1 aromatic heterocycles. The molecule has 0 bridgehead atoms. The van der Waals surface area contributed by atoms with E-state index in [1.807, 2.05) is 26.8 Å². The number of carbonyl (C=O) groups excluding carboxylic acids is 1. The summed E-state index contributed by atoms with van der Waals surface area (Å²) < 4.78 is 0. The molecule has 5 nitrogen and oxygen atoms in total. The monoisotopic (exact) mass is 277 g/mol. The number of aliphatic hydroxyl groups is 1. The zero-order valence-corrected chi connectivity index (χ0v) is 12.4. The largest absolute Gasteiger partial charge is 0.391 e. The summed E-state index contributed by atoms with van der Waals surface area (Å²) in [6.45, 7) is 7.76. The molecule has 0 aliphatic carbocycles. The number of aromatic nitrogens is 1. The number of likely N-dealkylation sites (tertiary alicyclic amines) is 1. The number of aliphatic hydroxyl groups excluding tert-OH is 1. The molecule has 5 heteroatoms. The van der Waals surface area contributed by atoms with Crippen LogP contribution >= 0.6 is 0 Å². The van der Waals surface area contributed by atoms with Gasteiger partial charge in [0, 0.05) is 31.5 Å². The fourth-order valence-electron chi connectivity index (χ4n) is 2.47. The van der Waals surface area contributed by atoms with Crippen LogP contribution in [0.25, 0.3) is 0 Å². The molecule has 2 unspecified atom stereocenters. The van der Waals surface area contributed by atoms with Gasteiger partial charge < -0.3 is 15.3 Å². The Balaban J connectivity index is 2.20. The van der Waals surface area contributed by atoms with E-state index in [2.05, 4.69) is 10.3 Å². The minimum absolute atomic E-state index is 0.0561. The average molecular weight is 277 g/mol. The summed E-state index contributed by atoms with van der Waals surface area (Å²) in [6.07, 6.45) is 2.02. The number of pyridine rings is 1. The molecule has 110 valence electrons. The SMILES string of the molecule is CCNc1cc(C)ncc1C(=O)N1CCC(C)C(O)C1. The van der Waals surface area contributed by atoms with E-state index in [-0.39, 0.29) is 11.8 Å². The number of nitrogens with zero attached hydrogens (tertiary/aromatic N) is 2. The number of aryl methyl sites for hydroxylation is 1. The second-order valence-corrected chi connectivity index (χ2v) is 5.49. The third-order valence-electron chi connectivity index (χ3n) is 3.84. The Hall–Kier alpha value is -1.62. The van der Waals surface area contributed by atoms with E-state index in [9.17, 15) is 9.90 Å². The minimum atomic E-state index is -0.436. The molecule has 0 radical (unpaired) electrons. The molecule has 0 spiro atoms. The molecule has 20 heavy (non-hydrogen) atoms. The molecular formula is C15H23N3O2. The Morgan fingerprint density at radius 1 is 1.60 bits per heavy atom. The van der Waals surface area contributed by atoms with Crippen LogP contribution in [-0.2, 0) is 0 Å². The van der Waals surface area contributed by atoms with Gasteiger partial charge in [0.15, 0.2) is 0 Å². The summed E-state index contributed by atoms with van der Waals surface area (Å²) in [7, 11) is 0. The van der Waals surface area contributed by atoms with Gasteiger partial charge in [0.1, 0.15) is 0 Å². The molecule has 2 atom stereocenters.